The molecule has 0 atom stereocenters. The van der Waals surface area contributed by atoms with E-state index in [1.807, 2.05) is 32.9 Å². The van der Waals surface area contributed by atoms with Crippen LogP contribution in [0.4, 0.5) is 0 Å². The summed E-state index contributed by atoms with van der Waals surface area (Å²) in [6.07, 6.45) is 0. The van der Waals surface area contributed by atoms with Crippen molar-refractivity contribution in [3.05, 3.63) is 56.9 Å². The third kappa shape index (κ3) is 3.18. The minimum absolute atomic E-state index is 0.0978. The highest BCUT2D eigenvalue weighted by molar-refractivity contribution is 5.97. The summed E-state index contributed by atoms with van der Waals surface area (Å²) in [4.78, 5) is 24.2. The highest BCUT2D eigenvalue weighted by Crippen LogP contribution is 2.16. The van der Waals surface area contributed by atoms with Gasteiger partial charge in [0.25, 0.3) is 5.56 Å². The Morgan fingerprint density at radius 2 is 1.81 bits per heavy atom. The van der Waals surface area contributed by atoms with E-state index < -0.39 is 0 Å². The van der Waals surface area contributed by atoms with Crippen LogP contribution in [0.1, 0.15) is 27.0 Å². The Morgan fingerprint density at radius 3 is 2.48 bits per heavy atom. The zero-order chi connectivity index (χ0) is 15.6. The number of nitrogens with zero attached hydrogens (tertiary/aromatic N) is 2. The average Bonchev–Trinajstić information content (AvgIpc) is 2.45. The number of methoxy groups -OCH3 is 1. The molecule has 1 heterocycles. The predicted molar refractivity (Wildman–Crippen MR) is 80.0 cm³/mol. The zero-order valence-corrected chi connectivity index (χ0v) is 12.6. The quantitative estimate of drug-likeness (QED) is 0.807. The lowest BCUT2D eigenvalue weighted by Gasteiger charge is -2.10. The first-order valence-electron chi connectivity index (χ1n) is 6.65. The Hall–Kier alpha value is -2.43. The molecule has 110 valence electrons. The number of carbonyl (C=O) groups excluding carboxylic acids is 1. The molecule has 0 bridgehead atoms. The summed E-state index contributed by atoms with van der Waals surface area (Å²) in [5.41, 5.74) is 3.38. The molecule has 0 amide bonds. The molecule has 0 spiro atoms. The van der Waals surface area contributed by atoms with Crippen LogP contribution < -0.4 is 10.3 Å². The minimum atomic E-state index is -0.328. The van der Waals surface area contributed by atoms with Gasteiger partial charge in [0.2, 0.25) is 5.88 Å². The van der Waals surface area contributed by atoms with Gasteiger partial charge < -0.3 is 4.74 Å². The van der Waals surface area contributed by atoms with Crippen LogP contribution in [0.2, 0.25) is 0 Å². The Morgan fingerprint density at radius 1 is 1.14 bits per heavy atom. The van der Waals surface area contributed by atoms with Crippen molar-refractivity contribution in [2.45, 2.75) is 27.3 Å². The molecule has 0 radical (unpaired) electrons. The molecular weight excluding hydrogens is 268 g/mol. The van der Waals surface area contributed by atoms with Crippen molar-refractivity contribution in [3.8, 4) is 5.88 Å². The monoisotopic (exact) mass is 286 g/mol. The fraction of sp³-hybridized carbons (Fsp3) is 0.312. The van der Waals surface area contributed by atoms with Crippen LogP contribution in [-0.4, -0.2) is 22.7 Å². The molecular formula is C16H18N2O3. The molecule has 1 aromatic carbocycles. The number of aryl methyl sites for hydroxylation is 3. The SMILES string of the molecule is COc1ccc(=O)n(CC(=O)c2cc(C)c(C)cc2C)n1. The van der Waals surface area contributed by atoms with Gasteiger partial charge in [-0.3, -0.25) is 9.59 Å². The second-order valence-electron chi connectivity index (χ2n) is 5.05. The maximum absolute atomic E-state index is 12.4. The molecule has 0 fully saturated rings. The van der Waals surface area contributed by atoms with Crippen LogP contribution in [-0.2, 0) is 6.54 Å². The number of hydrogen-bond acceptors (Lipinski definition) is 4. The van der Waals surface area contributed by atoms with Crippen LogP contribution in [0.3, 0.4) is 0 Å². The first kappa shape index (κ1) is 15.0. The van der Waals surface area contributed by atoms with Crippen molar-refractivity contribution in [2.24, 2.45) is 0 Å². The Labute approximate surface area is 123 Å². The number of carbonyl (C=O) groups is 1. The highest BCUT2D eigenvalue weighted by Gasteiger charge is 2.13. The Kier molecular flexibility index (Phi) is 4.21. The van der Waals surface area contributed by atoms with E-state index in [1.165, 1.54) is 19.2 Å². The summed E-state index contributed by atoms with van der Waals surface area (Å²) in [7, 11) is 1.46. The number of ether oxygens (including phenoxy) is 1. The van der Waals surface area contributed by atoms with Gasteiger partial charge in [-0.2, -0.15) is 0 Å². The molecule has 0 aliphatic heterocycles. The first-order valence-corrected chi connectivity index (χ1v) is 6.65. The first-order chi connectivity index (χ1) is 9.92. The van der Waals surface area contributed by atoms with E-state index >= 15 is 0 Å². The van der Waals surface area contributed by atoms with Crippen LogP contribution >= 0.6 is 0 Å². The van der Waals surface area contributed by atoms with Crippen molar-refractivity contribution in [2.75, 3.05) is 7.11 Å². The van der Waals surface area contributed by atoms with Crippen molar-refractivity contribution < 1.29 is 9.53 Å². The lowest BCUT2D eigenvalue weighted by molar-refractivity contribution is 0.0964. The third-order valence-corrected chi connectivity index (χ3v) is 3.49. The average molecular weight is 286 g/mol. The second-order valence-corrected chi connectivity index (χ2v) is 5.05. The number of aromatic nitrogens is 2. The van der Waals surface area contributed by atoms with Gasteiger partial charge in [-0.15, -0.1) is 5.10 Å². The molecule has 0 aliphatic carbocycles. The largest absolute Gasteiger partial charge is 0.480 e. The molecule has 2 rings (SSSR count). The topological polar surface area (TPSA) is 61.2 Å². The lowest BCUT2D eigenvalue weighted by Crippen LogP contribution is -2.26. The van der Waals surface area contributed by atoms with Gasteiger partial charge in [-0.05, 0) is 43.5 Å². The minimum Gasteiger partial charge on any atom is -0.480 e. The van der Waals surface area contributed by atoms with E-state index in [4.69, 9.17) is 4.74 Å². The standard InChI is InChI=1S/C16H18N2O3/c1-10-7-12(3)13(8-11(10)2)14(19)9-18-16(20)6-5-15(17-18)21-4/h5-8H,9H2,1-4H3. The summed E-state index contributed by atoms with van der Waals surface area (Å²) in [6, 6.07) is 6.65. The highest BCUT2D eigenvalue weighted by atomic mass is 16.5. The summed E-state index contributed by atoms with van der Waals surface area (Å²) in [5.74, 6) is 0.165. The fourth-order valence-corrected chi connectivity index (χ4v) is 2.13. The molecule has 5 nitrogen and oxygen atoms in total. The number of rotatable bonds is 4. The van der Waals surface area contributed by atoms with E-state index in [0.29, 0.717) is 11.4 Å². The molecule has 21 heavy (non-hydrogen) atoms. The van der Waals surface area contributed by atoms with Gasteiger partial charge in [0, 0.05) is 17.7 Å². The number of Topliss-reactive ketones (excluding diaryl/α,β-unsaturated/α-hetero) is 1. The van der Waals surface area contributed by atoms with Crippen LogP contribution in [0.5, 0.6) is 5.88 Å². The normalized spacial score (nSPS) is 10.5. The number of ketones is 1. The van der Waals surface area contributed by atoms with Gasteiger partial charge in [0.05, 0.1) is 7.11 Å². The summed E-state index contributed by atoms with van der Waals surface area (Å²) in [6.45, 7) is 5.76. The van der Waals surface area contributed by atoms with E-state index in [-0.39, 0.29) is 17.9 Å². The molecule has 0 saturated carbocycles. The van der Waals surface area contributed by atoms with Crippen LogP contribution in [0.15, 0.2) is 29.1 Å². The van der Waals surface area contributed by atoms with Crippen molar-refractivity contribution in [3.63, 3.8) is 0 Å². The zero-order valence-electron chi connectivity index (χ0n) is 12.6. The predicted octanol–water partition coefficient (Wildman–Crippen LogP) is 2.06. The fourth-order valence-electron chi connectivity index (χ4n) is 2.13. The molecule has 0 saturated heterocycles. The van der Waals surface area contributed by atoms with Gasteiger partial charge in [0.1, 0.15) is 6.54 Å². The van der Waals surface area contributed by atoms with Crippen molar-refractivity contribution in [1.29, 1.82) is 0 Å². The smallest absolute Gasteiger partial charge is 0.267 e. The molecule has 1 aromatic heterocycles. The van der Waals surface area contributed by atoms with Crippen molar-refractivity contribution in [1.82, 2.24) is 9.78 Å². The van der Waals surface area contributed by atoms with Crippen LogP contribution in [0.25, 0.3) is 0 Å². The van der Waals surface area contributed by atoms with Gasteiger partial charge in [0.15, 0.2) is 5.78 Å². The van der Waals surface area contributed by atoms with E-state index in [1.54, 1.807) is 0 Å². The lowest BCUT2D eigenvalue weighted by atomic mass is 9.98. The molecule has 0 aliphatic rings. The van der Waals surface area contributed by atoms with E-state index in [9.17, 15) is 9.59 Å². The van der Waals surface area contributed by atoms with E-state index in [0.717, 1.165) is 21.4 Å². The third-order valence-electron chi connectivity index (χ3n) is 3.49. The summed E-state index contributed by atoms with van der Waals surface area (Å²) < 4.78 is 6.09. The maximum atomic E-state index is 12.4. The number of benzene rings is 1. The van der Waals surface area contributed by atoms with Gasteiger partial charge in [-0.25, -0.2) is 4.68 Å². The number of hydrogen-bond donors (Lipinski definition) is 0. The Bertz CT molecular complexity index is 748. The molecule has 0 N–H and O–H groups in total. The molecule has 0 unspecified atom stereocenters. The summed E-state index contributed by atoms with van der Waals surface area (Å²) in [5, 5.41) is 3.99. The second kappa shape index (κ2) is 5.91. The van der Waals surface area contributed by atoms with Gasteiger partial charge >= 0.3 is 0 Å². The molecule has 2 aromatic rings. The van der Waals surface area contributed by atoms with Crippen LogP contribution in [0, 0.1) is 20.8 Å². The maximum Gasteiger partial charge on any atom is 0.267 e. The summed E-state index contributed by atoms with van der Waals surface area (Å²) >= 11 is 0. The van der Waals surface area contributed by atoms with Gasteiger partial charge in [-0.1, -0.05) is 6.07 Å². The van der Waals surface area contributed by atoms with Crippen molar-refractivity contribution >= 4 is 5.78 Å². The Balaban J connectivity index is 2.34. The molecule has 5 heteroatoms. The van der Waals surface area contributed by atoms with E-state index in [2.05, 4.69) is 5.10 Å².